The zero-order valence-corrected chi connectivity index (χ0v) is 29.2. The molecule has 1 aromatic heterocycles. The van der Waals surface area contributed by atoms with Crippen LogP contribution in [0.2, 0.25) is 0 Å². The van der Waals surface area contributed by atoms with Gasteiger partial charge >= 0.3 is 6.09 Å². The number of nitrogens with zero attached hydrogens (tertiary/aromatic N) is 1. The van der Waals surface area contributed by atoms with Gasteiger partial charge in [-0.2, -0.15) is 0 Å². The molecule has 1 aliphatic rings. The maximum absolute atomic E-state index is 15.3. The Morgan fingerprint density at radius 1 is 0.860 bits per heavy atom. The zero-order valence-electron chi connectivity index (χ0n) is 28.4. The number of methoxy groups -OCH3 is 1. The van der Waals surface area contributed by atoms with Crippen molar-refractivity contribution in [2.45, 2.75) is 63.4 Å². The van der Waals surface area contributed by atoms with Crippen molar-refractivity contribution in [3.8, 4) is 17.2 Å². The number of carbonyl (C=O) groups excluding carboxylic acids is 3. The number of fused-ring (bicyclic) bond motifs is 1. The van der Waals surface area contributed by atoms with Crippen LogP contribution in [0.15, 0.2) is 71.8 Å². The third kappa shape index (κ3) is 9.41. The fraction of sp³-hybridized carbons (Fsp3) is 0.351. The molecule has 1 fully saturated rings. The van der Waals surface area contributed by atoms with Crippen LogP contribution in [0.4, 0.5) is 25.0 Å². The normalized spacial score (nSPS) is 13.3. The van der Waals surface area contributed by atoms with Crippen molar-refractivity contribution in [3.63, 3.8) is 0 Å². The van der Waals surface area contributed by atoms with E-state index in [2.05, 4.69) is 20.9 Å². The molecule has 1 aliphatic carbocycles. The molecule has 1 saturated carbocycles. The van der Waals surface area contributed by atoms with Crippen molar-refractivity contribution in [3.05, 3.63) is 78.5 Å². The lowest BCUT2D eigenvalue weighted by atomic mass is 10.0. The van der Waals surface area contributed by atoms with Gasteiger partial charge in [-0.25, -0.2) is 13.6 Å². The van der Waals surface area contributed by atoms with Gasteiger partial charge in [-0.1, -0.05) is 6.42 Å². The number of ether oxygens (including phenoxy) is 3. The van der Waals surface area contributed by atoms with Crippen LogP contribution in [0.1, 0.15) is 52.9 Å². The van der Waals surface area contributed by atoms with E-state index >= 15 is 4.39 Å². The number of amides is 3. The van der Waals surface area contributed by atoms with Gasteiger partial charge in [0.25, 0.3) is 0 Å². The van der Waals surface area contributed by atoms with Gasteiger partial charge in [0, 0.05) is 35.6 Å². The Hall–Kier alpha value is -4.91. The lowest BCUT2D eigenvalue weighted by molar-refractivity contribution is -0.131. The largest absolute Gasteiger partial charge is 0.496 e. The van der Waals surface area contributed by atoms with Crippen LogP contribution in [-0.2, 0) is 14.3 Å². The van der Waals surface area contributed by atoms with E-state index in [-0.39, 0.29) is 11.4 Å². The number of hydrogen-bond acceptors (Lipinski definition) is 8. The molecule has 264 valence electrons. The minimum absolute atomic E-state index is 0.0655. The first kappa shape index (κ1) is 36.4. The topological polar surface area (TPSA) is 128 Å². The van der Waals surface area contributed by atoms with E-state index in [0.717, 1.165) is 36.0 Å². The number of anilines is 2. The van der Waals surface area contributed by atoms with Crippen LogP contribution in [0.3, 0.4) is 0 Å². The quantitative estimate of drug-likeness (QED) is 0.0677. The monoisotopic (exact) mass is 706 g/mol. The van der Waals surface area contributed by atoms with Crippen molar-refractivity contribution in [2.24, 2.45) is 5.41 Å². The van der Waals surface area contributed by atoms with Crippen LogP contribution in [-0.4, -0.2) is 47.9 Å². The number of aromatic nitrogens is 1. The van der Waals surface area contributed by atoms with Gasteiger partial charge in [0.15, 0.2) is 11.6 Å². The third-order valence-corrected chi connectivity index (χ3v) is 8.99. The fourth-order valence-corrected chi connectivity index (χ4v) is 6.12. The van der Waals surface area contributed by atoms with Gasteiger partial charge in [-0.05, 0) is 107 Å². The summed E-state index contributed by atoms with van der Waals surface area (Å²) in [7, 11) is 1.58. The van der Waals surface area contributed by atoms with Crippen molar-refractivity contribution < 1.29 is 37.4 Å². The van der Waals surface area contributed by atoms with Gasteiger partial charge in [0.1, 0.15) is 28.3 Å². The molecule has 3 aromatic carbocycles. The molecule has 1 heterocycles. The van der Waals surface area contributed by atoms with Crippen LogP contribution in [0.25, 0.3) is 10.9 Å². The van der Waals surface area contributed by atoms with Crippen molar-refractivity contribution in [1.82, 2.24) is 10.3 Å². The predicted octanol–water partition coefficient (Wildman–Crippen LogP) is 8.46. The zero-order chi connectivity index (χ0) is 35.9. The molecule has 0 bridgehead atoms. The Labute approximate surface area is 293 Å². The summed E-state index contributed by atoms with van der Waals surface area (Å²) in [4.78, 5) is 43.1. The van der Waals surface area contributed by atoms with Crippen LogP contribution in [0.5, 0.6) is 17.2 Å². The average molecular weight is 707 g/mol. The number of unbranched alkanes of at least 4 members (excludes halogenated alkanes) is 2. The minimum atomic E-state index is -1.28. The average Bonchev–Trinajstić information content (AvgIpc) is 3.88. The molecule has 50 heavy (non-hydrogen) atoms. The molecule has 0 spiro atoms. The number of nitrogens with one attached hydrogen (secondary N) is 3. The minimum Gasteiger partial charge on any atom is -0.496 e. The maximum Gasteiger partial charge on any atom is 0.407 e. The highest BCUT2D eigenvalue weighted by molar-refractivity contribution is 7.99. The second-order valence-corrected chi connectivity index (χ2v) is 14.0. The molecule has 13 heteroatoms. The number of halogens is 2. The summed E-state index contributed by atoms with van der Waals surface area (Å²) in [6.07, 6.45) is 4.52. The molecule has 0 aliphatic heterocycles. The fourth-order valence-electron chi connectivity index (χ4n) is 5.08. The van der Waals surface area contributed by atoms with Gasteiger partial charge in [-0.3, -0.25) is 14.6 Å². The molecule has 4 aromatic rings. The maximum atomic E-state index is 15.3. The van der Waals surface area contributed by atoms with E-state index in [9.17, 15) is 18.8 Å². The second-order valence-electron chi connectivity index (χ2n) is 12.9. The molecule has 0 atom stereocenters. The summed E-state index contributed by atoms with van der Waals surface area (Å²) in [5, 5.41) is 8.69. The van der Waals surface area contributed by atoms with Gasteiger partial charge in [0.05, 0.1) is 17.5 Å². The van der Waals surface area contributed by atoms with E-state index in [1.807, 2.05) is 32.9 Å². The van der Waals surface area contributed by atoms with Crippen molar-refractivity contribution in [2.75, 3.05) is 30.0 Å². The van der Waals surface area contributed by atoms with E-state index < -0.39 is 40.6 Å². The highest BCUT2D eigenvalue weighted by Gasteiger charge is 2.56. The van der Waals surface area contributed by atoms with Gasteiger partial charge in [-0.15, -0.1) is 11.8 Å². The lowest BCUT2D eigenvalue weighted by Crippen LogP contribution is -2.35. The summed E-state index contributed by atoms with van der Waals surface area (Å²) in [5.41, 5.74) is -0.625. The lowest BCUT2D eigenvalue weighted by Gasteiger charge is -2.19. The SMILES string of the molecule is COc1cc2c(Oc3ccc(NC(=O)C4(C(=O)Nc5ccc(F)cc5)CC4)cc3F)ccnc2cc1SCCCCCNC(=O)OC(C)(C)C. The van der Waals surface area contributed by atoms with Crippen LogP contribution < -0.4 is 25.4 Å². The molecule has 0 unspecified atom stereocenters. The number of carbonyl (C=O) groups is 3. The number of alkyl carbamates (subject to hydrolysis) is 1. The van der Waals surface area contributed by atoms with E-state index in [1.165, 1.54) is 36.4 Å². The molecule has 10 nitrogen and oxygen atoms in total. The molecule has 3 N–H and O–H groups in total. The number of pyridine rings is 1. The Morgan fingerprint density at radius 3 is 2.22 bits per heavy atom. The van der Waals surface area contributed by atoms with E-state index in [0.29, 0.717) is 47.5 Å². The summed E-state index contributed by atoms with van der Waals surface area (Å²) in [6, 6.07) is 14.6. The van der Waals surface area contributed by atoms with E-state index in [1.54, 1.807) is 31.1 Å². The Kier molecular flexibility index (Phi) is 11.5. The number of thioether (sulfide) groups is 1. The number of rotatable bonds is 14. The standard InChI is InChI=1S/C37H40F2N4O6S/c1-36(2,3)49-35(46)41-17-6-5-7-19-50-32-22-28-26(21-31(32)47-4)29(14-18-40-28)48-30-13-12-25(20-27(30)39)43-34(45)37(15-16-37)33(44)42-24-10-8-23(38)9-11-24/h8-14,18,20-22H,5-7,15-17,19H2,1-4H3,(H,41,46)(H,42,44)(H,43,45). The molecule has 3 amide bonds. The number of hydrogen-bond donors (Lipinski definition) is 3. The first-order chi connectivity index (χ1) is 23.9. The third-order valence-electron chi connectivity index (χ3n) is 7.86. The van der Waals surface area contributed by atoms with Crippen LogP contribution >= 0.6 is 11.8 Å². The van der Waals surface area contributed by atoms with Crippen molar-refractivity contribution in [1.29, 1.82) is 0 Å². The highest BCUT2D eigenvalue weighted by Crippen LogP contribution is 2.48. The van der Waals surface area contributed by atoms with Gasteiger partial charge < -0.3 is 30.2 Å². The Balaban J connectivity index is 1.17. The van der Waals surface area contributed by atoms with Crippen LogP contribution in [0, 0.1) is 17.0 Å². The van der Waals surface area contributed by atoms with Crippen molar-refractivity contribution >= 4 is 51.9 Å². The molecule has 5 rings (SSSR count). The summed E-state index contributed by atoms with van der Waals surface area (Å²) < 4.78 is 45.4. The van der Waals surface area contributed by atoms with E-state index in [4.69, 9.17) is 14.2 Å². The van der Waals surface area contributed by atoms with Gasteiger partial charge in [0.2, 0.25) is 11.8 Å². The summed E-state index contributed by atoms with van der Waals surface area (Å²) >= 11 is 1.63. The Morgan fingerprint density at radius 2 is 1.56 bits per heavy atom. The number of benzene rings is 3. The second kappa shape index (κ2) is 15.8. The predicted molar refractivity (Wildman–Crippen MR) is 189 cm³/mol. The summed E-state index contributed by atoms with van der Waals surface area (Å²) in [5.74, 6) is -0.454. The highest BCUT2D eigenvalue weighted by atomic mass is 32.2. The smallest absolute Gasteiger partial charge is 0.407 e. The molecular weight excluding hydrogens is 666 g/mol. The first-order valence-corrected chi connectivity index (χ1v) is 17.3. The Bertz CT molecular complexity index is 1860. The molecule has 0 saturated heterocycles. The molecular formula is C37H40F2N4O6S. The first-order valence-electron chi connectivity index (χ1n) is 16.3. The summed E-state index contributed by atoms with van der Waals surface area (Å²) in [6.45, 7) is 6.02. The molecule has 0 radical (unpaired) electrons.